The van der Waals surface area contributed by atoms with Gasteiger partial charge in [0.1, 0.15) is 18.8 Å². The summed E-state index contributed by atoms with van der Waals surface area (Å²) < 4.78 is 21.8. The van der Waals surface area contributed by atoms with Crippen LogP contribution >= 0.6 is 11.6 Å². The number of carbonyl (C=O) groups is 2. The fourth-order valence-electron chi connectivity index (χ4n) is 4.88. The van der Waals surface area contributed by atoms with Gasteiger partial charge in [0, 0.05) is 32.2 Å². The third-order valence-electron chi connectivity index (χ3n) is 6.69. The Bertz CT molecular complexity index is 1080. The largest absolute Gasteiger partial charge is 0.460 e. The second-order valence-electron chi connectivity index (χ2n) is 8.83. The molecule has 3 rings (SSSR count). The number of carbonyl (C=O) groups excluding carboxylic acids is 2. The van der Waals surface area contributed by atoms with Gasteiger partial charge in [-0.2, -0.15) is 5.26 Å². The zero-order valence-corrected chi connectivity index (χ0v) is 22.0. The second kappa shape index (κ2) is 12.9. The van der Waals surface area contributed by atoms with Gasteiger partial charge in [-0.3, -0.25) is 0 Å². The van der Waals surface area contributed by atoms with Gasteiger partial charge >= 0.3 is 11.9 Å². The SMILES string of the molecule is COCCOC(=O)C1=C(C)N(CCOC)C(C)=C(C(=O)OC2CCCC2)C1c1cccc(Cl)c1C#N. The van der Waals surface area contributed by atoms with Crippen LogP contribution in [0.3, 0.4) is 0 Å². The summed E-state index contributed by atoms with van der Waals surface area (Å²) >= 11 is 6.38. The molecule has 1 saturated carbocycles. The van der Waals surface area contributed by atoms with Crippen molar-refractivity contribution in [1.82, 2.24) is 4.90 Å². The third-order valence-corrected chi connectivity index (χ3v) is 7.01. The highest BCUT2D eigenvalue weighted by atomic mass is 35.5. The smallest absolute Gasteiger partial charge is 0.337 e. The average molecular weight is 517 g/mol. The maximum absolute atomic E-state index is 13.7. The molecule has 1 aromatic rings. The van der Waals surface area contributed by atoms with Crippen molar-refractivity contribution in [2.75, 3.05) is 40.6 Å². The molecular formula is C27H33ClN2O6. The molecule has 1 atom stereocenters. The number of halogens is 1. The molecule has 0 radical (unpaired) electrons. The molecule has 1 aromatic carbocycles. The van der Waals surface area contributed by atoms with E-state index in [9.17, 15) is 14.9 Å². The summed E-state index contributed by atoms with van der Waals surface area (Å²) in [5, 5.41) is 10.2. The number of nitriles is 1. The molecule has 1 heterocycles. The molecule has 1 aliphatic carbocycles. The van der Waals surface area contributed by atoms with Gasteiger partial charge in [-0.15, -0.1) is 0 Å². The van der Waals surface area contributed by atoms with E-state index in [1.165, 1.54) is 7.11 Å². The first-order chi connectivity index (χ1) is 17.3. The molecule has 0 aromatic heterocycles. The molecule has 1 aliphatic heterocycles. The molecule has 0 spiro atoms. The lowest BCUT2D eigenvalue weighted by molar-refractivity contribution is -0.144. The minimum absolute atomic E-state index is 0.0438. The normalized spacial score (nSPS) is 18.4. The van der Waals surface area contributed by atoms with Gasteiger partial charge in [0.05, 0.1) is 40.9 Å². The Labute approximate surface area is 217 Å². The maximum Gasteiger partial charge on any atom is 0.337 e. The maximum atomic E-state index is 13.7. The highest BCUT2D eigenvalue weighted by molar-refractivity contribution is 6.31. The van der Waals surface area contributed by atoms with E-state index < -0.39 is 17.9 Å². The number of allylic oxidation sites excluding steroid dienone is 2. The molecule has 1 unspecified atom stereocenters. The zero-order chi connectivity index (χ0) is 26.2. The summed E-state index contributed by atoms with van der Waals surface area (Å²) in [6.45, 7) is 4.67. The Balaban J connectivity index is 2.20. The Morgan fingerprint density at radius 2 is 1.67 bits per heavy atom. The Morgan fingerprint density at radius 3 is 2.28 bits per heavy atom. The molecule has 9 heteroatoms. The standard InChI is InChI=1S/C27H33ClN2O6/c1-17-23(26(31)35-15-14-34-4)25(20-10-7-11-22(28)21(20)16-29)24(18(2)30(17)12-13-33-3)27(32)36-19-8-5-6-9-19/h7,10-11,19,25H,5-6,8-9,12-15H2,1-4H3. The number of hydrogen-bond donors (Lipinski definition) is 0. The Hall–Kier alpha value is -2.86. The van der Waals surface area contributed by atoms with Crippen LogP contribution in [0.5, 0.6) is 0 Å². The summed E-state index contributed by atoms with van der Waals surface area (Å²) in [4.78, 5) is 29.1. The molecule has 36 heavy (non-hydrogen) atoms. The van der Waals surface area contributed by atoms with E-state index in [1.54, 1.807) is 32.2 Å². The van der Waals surface area contributed by atoms with Gasteiger partial charge in [-0.1, -0.05) is 23.7 Å². The van der Waals surface area contributed by atoms with E-state index in [4.69, 9.17) is 30.5 Å². The van der Waals surface area contributed by atoms with Crippen LogP contribution in [0.2, 0.25) is 5.02 Å². The summed E-state index contributed by atoms with van der Waals surface area (Å²) in [5.41, 5.74) is 2.44. The third kappa shape index (κ3) is 5.92. The summed E-state index contributed by atoms with van der Waals surface area (Å²) in [5.74, 6) is -1.99. The fraction of sp³-hybridized carbons (Fsp3) is 0.519. The van der Waals surface area contributed by atoms with E-state index in [1.807, 2.05) is 11.8 Å². The number of nitrogens with zero attached hydrogens (tertiary/aromatic N) is 2. The molecule has 0 saturated heterocycles. The average Bonchev–Trinajstić information content (AvgIpc) is 3.36. The van der Waals surface area contributed by atoms with Crippen molar-refractivity contribution in [2.45, 2.75) is 51.6 Å². The predicted octanol–water partition coefficient (Wildman–Crippen LogP) is 4.48. The monoisotopic (exact) mass is 516 g/mol. The summed E-state index contributed by atoms with van der Waals surface area (Å²) in [6, 6.07) is 7.17. The van der Waals surface area contributed by atoms with E-state index in [-0.39, 0.29) is 35.5 Å². The lowest BCUT2D eigenvalue weighted by atomic mass is 9.78. The van der Waals surface area contributed by atoms with Gasteiger partial charge in [0.25, 0.3) is 0 Å². The first kappa shape index (κ1) is 27.7. The lowest BCUT2D eigenvalue weighted by Gasteiger charge is -2.38. The molecule has 2 aliphatic rings. The highest BCUT2D eigenvalue weighted by Crippen LogP contribution is 2.45. The van der Waals surface area contributed by atoms with Gasteiger partial charge in [-0.05, 0) is 51.2 Å². The van der Waals surface area contributed by atoms with Crippen LogP contribution in [0.25, 0.3) is 0 Å². The number of esters is 2. The van der Waals surface area contributed by atoms with Gasteiger partial charge < -0.3 is 23.8 Å². The first-order valence-electron chi connectivity index (χ1n) is 12.1. The highest BCUT2D eigenvalue weighted by Gasteiger charge is 2.42. The molecule has 0 bridgehead atoms. The number of methoxy groups -OCH3 is 2. The minimum atomic E-state index is -0.888. The van der Waals surface area contributed by atoms with Crippen molar-refractivity contribution in [1.29, 1.82) is 5.26 Å². The molecule has 0 N–H and O–H groups in total. The van der Waals surface area contributed by atoms with Crippen molar-refractivity contribution in [2.24, 2.45) is 0 Å². The molecule has 0 amide bonds. The lowest BCUT2D eigenvalue weighted by Crippen LogP contribution is -2.37. The molecule has 194 valence electrons. The second-order valence-corrected chi connectivity index (χ2v) is 9.24. The summed E-state index contributed by atoms with van der Waals surface area (Å²) in [6.07, 6.45) is 3.43. The van der Waals surface area contributed by atoms with Crippen molar-refractivity contribution in [3.8, 4) is 6.07 Å². The van der Waals surface area contributed by atoms with Crippen LogP contribution in [0.4, 0.5) is 0 Å². The zero-order valence-electron chi connectivity index (χ0n) is 21.3. The van der Waals surface area contributed by atoms with Gasteiger partial charge in [0.2, 0.25) is 0 Å². The Kier molecular flexibility index (Phi) is 9.94. The van der Waals surface area contributed by atoms with E-state index in [0.29, 0.717) is 35.7 Å². The fourth-order valence-corrected chi connectivity index (χ4v) is 5.10. The van der Waals surface area contributed by atoms with Crippen molar-refractivity contribution < 1.29 is 28.5 Å². The van der Waals surface area contributed by atoms with Crippen molar-refractivity contribution in [3.63, 3.8) is 0 Å². The first-order valence-corrected chi connectivity index (χ1v) is 12.5. The van der Waals surface area contributed by atoms with Crippen LogP contribution in [0.15, 0.2) is 40.7 Å². The number of hydrogen-bond acceptors (Lipinski definition) is 8. The van der Waals surface area contributed by atoms with Gasteiger partial charge in [-0.25, -0.2) is 9.59 Å². The van der Waals surface area contributed by atoms with E-state index >= 15 is 0 Å². The van der Waals surface area contributed by atoms with Crippen LogP contribution < -0.4 is 0 Å². The minimum Gasteiger partial charge on any atom is -0.460 e. The van der Waals surface area contributed by atoms with Crippen LogP contribution in [-0.2, 0) is 28.5 Å². The van der Waals surface area contributed by atoms with E-state index in [2.05, 4.69) is 6.07 Å². The number of benzene rings is 1. The Morgan fingerprint density at radius 1 is 1.03 bits per heavy atom. The topological polar surface area (TPSA) is 98.1 Å². The van der Waals surface area contributed by atoms with Crippen LogP contribution in [-0.4, -0.2) is 63.5 Å². The molecule has 8 nitrogen and oxygen atoms in total. The van der Waals surface area contributed by atoms with E-state index in [0.717, 1.165) is 25.7 Å². The quantitative estimate of drug-likeness (QED) is 0.331. The van der Waals surface area contributed by atoms with Crippen LogP contribution in [0.1, 0.15) is 56.6 Å². The van der Waals surface area contributed by atoms with Crippen molar-refractivity contribution in [3.05, 3.63) is 56.9 Å². The van der Waals surface area contributed by atoms with Crippen molar-refractivity contribution >= 4 is 23.5 Å². The molecule has 1 fully saturated rings. The van der Waals surface area contributed by atoms with Crippen LogP contribution in [0, 0.1) is 11.3 Å². The number of rotatable bonds is 10. The summed E-state index contributed by atoms with van der Waals surface area (Å²) in [7, 11) is 3.11. The van der Waals surface area contributed by atoms with Gasteiger partial charge in [0.15, 0.2) is 0 Å². The number of ether oxygens (including phenoxy) is 4. The predicted molar refractivity (Wildman–Crippen MR) is 134 cm³/mol. The molecular weight excluding hydrogens is 484 g/mol.